The average Bonchev–Trinajstić information content (AvgIpc) is 2.62. The smallest absolute Gasteiger partial charge is 0.163 e. The SMILES string of the molecule is O=C(CCc1ccc(F)cc1)c1ccc(N2CCOCC2)cc1. The van der Waals surface area contributed by atoms with Crippen LogP contribution in [0.25, 0.3) is 0 Å². The highest BCUT2D eigenvalue weighted by Crippen LogP contribution is 2.18. The molecule has 2 aromatic rings. The molecule has 1 aliphatic heterocycles. The van der Waals surface area contributed by atoms with Crippen LogP contribution in [0.15, 0.2) is 48.5 Å². The molecule has 0 spiro atoms. The lowest BCUT2D eigenvalue weighted by Gasteiger charge is -2.28. The Morgan fingerprint density at radius 1 is 1.00 bits per heavy atom. The number of hydrogen-bond donors (Lipinski definition) is 0. The number of Topliss-reactive ketones (excluding diaryl/α,β-unsaturated/α-hetero) is 1. The molecule has 1 aliphatic rings. The first-order valence-electron chi connectivity index (χ1n) is 7.93. The van der Waals surface area contributed by atoms with E-state index < -0.39 is 0 Å². The molecule has 0 bridgehead atoms. The van der Waals surface area contributed by atoms with Gasteiger partial charge in [0.15, 0.2) is 5.78 Å². The van der Waals surface area contributed by atoms with E-state index in [0.717, 1.165) is 43.1 Å². The van der Waals surface area contributed by atoms with Crippen LogP contribution in [0.5, 0.6) is 0 Å². The summed E-state index contributed by atoms with van der Waals surface area (Å²) in [7, 11) is 0. The van der Waals surface area contributed by atoms with Gasteiger partial charge in [-0.25, -0.2) is 4.39 Å². The summed E-state index contributed by atoms with van der Waals surface area (Å²) in [6.45, 7) is 3.27. The van der Waals surface area contributed by atoms with E-state index in [4.69, 9.17) is 4.74 Å². The maximum atomic E-state index is 12.9. The predicted molar refractivity (Wildman–Crippen MR) is 88.5 cm³/mol. The molecular weight excluding hydrogens is 293 g/mol. The van der Waals surface area contributed by atoms with E-state index >= 15 is 0 Å². The summed E-state index contributed by atoms with van der Waals surface area (Å²) in [5.41, 5.74) is 2.83. The van der Waals surface area contributed by atoms with Gasteiger partial charge in [0, 0.05) is 30.8 Å². The van der Waals surface area contributed by atoms with Gasteiger partial charge in [-0.05, 0) is 48.4 Å². The Morgan fingerprint density at radius 2 is 1.65 bits per heavy atom. The van der Waals surface area contributed by atoms with Crippen LogP contribution >= 0.6 is 0 Å². The van der Waals surface area contributed by atoms with Gasteiger partial charge >= 0.3 is 0 Å². The number of morpholine rings is 1. The van der Waals surface area contributed by atoms with Crippen LogP contribution in [0.2, 0.25) is 0 Å². The molecule has 0 atom stereocenters. The summed E-state index contributed by atoms with van der Waals surface area (Å²) in [4.78, 5) is 14.5. The van der Waals surface area contributed by atoms with E-state index in [0.29, 0.717) is 12.8 Å². The van der Waals surface area contributed by atoms with Crippen LogP contribution in [0.4, 0.5) is 10.1 Å². The minimum atomic E-state index is -0.251. The molecule has 23 heavy (non-hydrogen) atoms. The van der Waals surface area contributed by atoms with Crippen molar-refractivity contribution < 1.29 is 13.9 Å². The van der Waals surface area contributed by atoms with Crippen molar-refractivity contribution in [2.24, 2.45) is 0 Å². The van der Waals surface area contributed by atoms with E-state index in [1.807, 2.05) is 24.3 Å². The minimum absolute atomic E-state index is 0.114. The lowest BCUT2D eigenvalue weighted by Crippen LogP contribution is -2.36. The van der Waals surface area contributed by atoms with Gasteiger partial charge in [-0.1, -0.05) is 12.1 Å². The first kappa shape index (κ1) is 15.7. The van der Waals surface area contributed by atoms with Crippen molar-refractivity contribution in [3.05, 3.63) is 65.5 Å². The molecule has 0 radical (unpaired) electrons. The van der Waals surface area contributed by atoms with Gasteiger partial charge in [-0.2, -0.15) is 0 Å². The third kappa shape index (κ3) is 4.17. The fourth-order valence-electron chi connectivity index (χ4n) is 2.73. The first-order chi connectivity index (χ1) is 11.2. The molecule has 120 valence electrons. The monoisotopic (exact) mass is 313 g/mol. The molecule has 0 aliphatic carbocycles. The number of anilines is 1. The van der Waals surface area contributed by atoms with Gasteiger partial charge in [-0.3, -0.25) is 4.79 Å². The molecule has 4 heteroatoms. The predicted octanol–water partition coefficient (Wildman–Crippen LogP) is 3.48. The first-order valence-corrected chi connectivity index (χ1v) is 7.93. The Bertz CT molecular complexity index is 646. The second-order valence-corrected chi connectivity index (χ2v) is 5.70. The lowest BCUT2D eigenvalue weighted by atomic mass is 10.0. The molecule has 3 rings (SSSR count). The molecule has 1 saturated heterocycles. The summed E-state index contributed by atoms with van der Waals surface area (Å²) in [5, 5.41) is 0. The number of ether oxygens (including phenoxy) is 1. The number of ketones is 1. The van der Waals surface area contributed by atoms with Gasteiger partial charge in [0.05, 0.1) is 13.2 Å². The van der Waals surface area contributed by atoms with Crippen molar-refractivity contribution >= 4 is 11.5 Å². The van der Waals surface area contributed by atoms with Crippen LogP contribution in [0.3, 0.4) is 0 Å². The largest absolute Gasteiger partial charge is 0.378 e. The van der Waals surface area contributed by atoms with Crippen molar-refractivity contribution in [2.75, 3.05) is 31.2 Å². The van der Waals surface area contributed by atoms with Gasteiger partial charge < -0.3 is 9.64 Å². The molecule has 3 nitrogen and oxygen atoms in total. The van der Waals surface area contributed by atoms with Crippen LogP contribution < -0.4 is 4.90 Å². The second kappa shape index (κ2) is 7.38. The van der Waals surface area contributed by atoms with Crippen molar-refractivity contribution in [3.8, 4) is 0 Å². The zero-order chi connectivity index (χ0) is 16.1. The summed E-state index contributed by atoms with van der Waals surface area (Å²) >= 11 is 0. The number of hydrogen-bond acceptors (Lipinski definition) is 3. The molecule has 1 heterocycles. The highest BCUT2D eigenvalue weighted by atomic mass is 19.1. The Labute approximate surface area is 135 Å². The zero-order valence-corrected chi connectivity index (χ0v) is 13.0. The van der Waals surface area contributed by atoms with Crippen molar-refractivity contribution in [3.63, 3.8) is 0 Å². The second-order valence-electron chi connectivity index (χ2n) is 5.70. The number of nitrogens with zero attached hydrogens (tertiary/aromatic N) is 1. The number of rotatable bonds is 5. The standard InChI is InChI=1S/C19H20FNO2/c20-17-6-1-15(2-7-17)3-10-19(22)16-4-8-18(9-5-16)21-11-13-23-14-12-21/h1-2,4-9H,3,10-14H2. The van der Waals surface area contributed by atoms with Crippen LogP contribution in [-0.2, 0) is 11.2 Å². The fourth-order valence-corrected chi connectivity index (χ4v) is 2.73. The molecule has 0 saturated carbocycles. The Kier molecular flexibility index (Phi) is 5.03. The third-order valence-electron chi connectivity index (χ3n) is 4.12. The van der Waals surface area contributed by atoms with Gasteiger partial charge in [0.25, 0.3) is 0 Å². The van der Waals surface area contributed by atoms with Crippen molar-refractivity contribution in [2.45, 2.75) is 12.8 Å². The molecule has 1 fully saturated rings. The number of halogens is 1. The number of benzene rings is 2. The molecule has 0 N–H and O–H groups in total. The highest BCUT2D eigenvalue weighted by Gasteiger charge is 2.12. The van der Waals surface area contributed by atoms with Gasteiger partial charge in [0.2, 0.25) is 0 Å². The minimum Gasteiger partial charge on any atom is -0.378 e. The molecule has 0 aromatic heterocycles. The lowest BCUT2D eigenvalue weighted by molar-refractivity contribution is 0.0982. The molecule has 2 aromatic carbocycles. The zero-order valence-electron chi connectivity index (χ0n) is 13.0. The highest BCUT2D eigenvalue weighted by molar-refractivity contribution is 5.96. The van der Waals surface area contributed by atoms with E-state index in [-0.39, 0.29) is 11.6 Å². The van der Waals surface area contributed by atoms with E-state index in [1.54, 1.807) is 12.1 Å². The topological polar surface area (TPSA) is 29.5 Å². The third-order valence-corrected chi connectivity index (χ3v) is 4.12. The average molecular weight is 313 g/mol. The normalized spacial score (nSPS) is 14.7. The van der Waals surface area contributed by atoms with E-state index in [9.17, 15) is 9.18 Å². The summed E-state index contributed by atoms with van der Waals surface area (Å²) in [5.74, 6) is -0.137. The van der Waals surface area contributed by atoms with E-state index in [1.165, 1.54) is 12.1 Å². The number of aryl methyl sites for hydroxylation is 1. The van der Waals surface area contributed by atoms with Crippen LogP contribution in [0.1, 0.15) is 22.3 Å². The van der Waals surface area contributed by atoms with Gasteiger partial charge in [-0.15, -0.1) is 0 Å². The Morgan fingerprint density at radius 3 is 2.30 bits per heavy atom. The van der Waals surface area contributed by atoms with Crippen LogP contribution in [-0.4, -0.2) is 32.1 Å². The molecule has 0 amide bonds. The maximum absolute atomic E-state index is 12.9. The molecule has 0 unspecified atom stereocenters. The van der Waals surface area contributed by atoms with E-state index in [2.05, 4.69) is 4.90 Å². The van der Waals surface area contributed by atoms with Gasteiger partial charge in [0.1, 0.15) is 5.82 Å². The summed E-state index contributed by atoms with van der Waals surface area (Å²) < 4.78 is 18.2. The van der Waals surface area contributed by atoms with Crippen molar-refractivity contribution in [1.82, 2.24) is 0 Å². The van der Waals surface area contributed by atoms with Crippen molar-refractivity contribution in [1.29, 1.82) is 0 Å². The fraction of sp³-hybridized carbons (Fsp3) is 0.316. The Balaban J connectivity index is 1.57. The summed E-state index contributed by atoms with van der Waals surface area (Å²) in [6, 6.07) is 14.1. The quantitative estimate of drug-likeness (QED) is 0.792. The number of carbonyl (C=O) groups excluding carboxylic acids is 1. The number of carbonyl (C=O) groups is 1. The van der Waals surface area contributed by atoms with Crippen LogP contribution in [0, 0.1) is 5.82 Å². The maximum Gasteiger partial charge on any atom is 0.163 e. The summed E-state index contributed by atoms with van der Waals surface area (Å²) in [6.07, 6.45) is 1.06. The molecular formula is C19H20FNO2. The Hall–Kier alpha value is -2.20.